The molecule has 5 unspecified atom stereocenters. The highest BCUT2D eigenvalue weighted by molar-refractivity contribution is 7.47. The van der Waals surface area contributed by atoms with E-state index in [0.717, 1.165) is 161 Å². The number of ether oxygens (including phenoxy) is 4. The number of hydrogen-bond acceptors (Lipinski definition) is 15. The summed E-state index contributed by atoms with van der Waals surface area (Å²) in [6.45, 7) is 4.14. The molecule has 0 bridgehead atoms. The molecule has 3 N–H and O–H groups in total. The van der Waals surface area contributed by atoms with Gasteiger partial charge in [-0.3, -0.25) is 37.3 Å². The molecular weight excluding hydrogens is 1450 g/mol. The Bertz CT molecular complexity index is 3090. The molecule has 0 fully saturated rings. The van der Waals surface area contributed by atoms with Crippen molar-refractivity contribution in [1.82, 2.24) is 0 Å². The van der Waals surface area contributed by atoms with Crippen LogP contribution in [0, 0.1) is 0 Å². The van der Waals surface area contributed by atoms with Crippen LogP contribution in [0.3, 0.4) is 0 Å². The van der Waals surface area contributed by atoms with Crippen molar-refractivity contribution < 1.29 is 80.2 Å². The summed E-state index contributed by atoms with van der Waals surface area (Å²) in [5.74, 6) is -2.47. The molecule has 0 saturated heterocycles. The molecule has 0 aromatic carbocycles. The lowest BCUT2D eigenvalue weighted by Gasteiger charge is -2.21. The van der Waals surface area contributed by atoms with E-state index >= 15 is 0 Å². The Balaban J connectivity index is 5.59. The minimum atomic E-state index is -5.04. The highest BCUT2D eigenvalue weighted by Gasteiger charge is 2.30. The minimum Gasteiger partial charge on any atom is -0.462 e. The number of unbranched alkanes of at least 4 members (excludes halogenated alkanes) is 8. The summed E-state index contributed by atoms with van der Waals surface area (Å²) in [6.07, 6.45) is 107. The lowest BCUT2D eigenvalue weighted by molar-refractivity contribution is -0.161. The van der Waals surface area contributed by atoms with Crippen molar-refractivity contribution in [2.75, 3.05) is 39.6 Å². The number of rotatable bonds is 74. The van der Waals surface area contributed by atoms with Crippen LogP contribution in [-0.4, -0.2) is 96.7 Å². The molecule has 112 heavy (non-hydrogen) atoms. The first-order valence-electron chi connectivity index (χ1n) is 41.3. The number of carbonyl (C=O) groups is 4. The van der Waals surface area contributed by atoms with E-state index in [2.05, 4.69) is 234 Å². The lowest BCUT2D eigenvalue weighted by atomic mass is 10.1. The quantitative estimate of drug-likeness (QED) is 0.0169. The zero-order valence-electron chi connectivity index (χ0n) is 68.5. The topological polar surface area (TPSA) is 237 Å². The number of allylic oxidation sites excluding steroid dienone is 40. The van der Waals surface area contributed by atoms with Crippen molar-refractivity contribution in [1.29, 1.82) is 0 Å². The van der Waals surface area contributed by atoms with Gasteiger partial charge in [0.2, 0.25) is 0 Å². The molecule has 19 heteroatoms. The van der Waals surface area contributed by atoms with Gasteiger partial charge < -0.3 is 33.8 Å². The smallest absolute Gasteiger partial charge is 0.462 e. The Kier molecular flexibility index (Phi) is 76.6. The third-order valence-corrected chi connectivity index (χ3v) is 17.7. The molecule has 0 spiro atoms. The van der Waals surface area contributed by atoms with Crippen molar-refractivity contribution in [3.05, 3.63) is 243 Å². The Morgan fingerprint density at radius 2 is 0.455 bits per heavy atom. The number of phosphoric acid groups is 2. The van der Waals surface area contributed by atoms with Crippen LogP contribution in [0.5, 0.6) is 0 Å². The molecule has 0 aromatic rings. The Labute approximate surface area is 676 Å². The van der Waals surface area contributed by atoms with E-state index in [1.807, 2.05) is 36.5 Å². The van der Waals surface area contributed by atoms with Gasteiger partial charge in [0.05, 0.1) is 26.4 Å². The summed E-state index contributed by atoms with van der Waals surface area (Å²) >= 11 is 0. The summed E-state index contributed by atoms with van der Waals surface area (Å²) in [5.41, 5.74) is 0. The second-order valence-electron chi connectivity index (χ2n) is 26.2. The van der Waals surface area contributed by atoms with Gasteiger partial charge in [-0.2, -0.15) is 0 Å². The molecule has 0 aliphatic carbocycles. The summed E-state index contributed by atoms with van der Waals surface area (Å²) < 4.78 is 68.5. The molecule has 17 nitrogen and oxygen atoms in total. The summed E-state index contributed by atoms with van der Waals surface area (Å²) in [4.78, 5) is 73.1. The second-order valence-corrected chi connectivity index (χ2v) is 29.1. The first kappa shape index (κ1) is 105. The first-order valence-corrected chi connectivity index (χ1v) is 44.3. The Morgan fingerprint density at radius 3 is 0.759 bits per heavy atom. The predicted octanol–water partition coefficient (Wildman–Crippen LogP) is 24.8. The molecule has 0 radical (unpaired) electrons. The fraction of sp³-hybridized carbons (Fsp3) is 0.527. The lowest BCUT2D eigenvalue weighted by Crippen LogP contribution is -2.30. The Morgan fingerprint density at radius 1 is 0.250 bits per heavy atom. The number of esters is 4. The molecular formula is C93H142O17P2. The van der Waals surface area contributed by atoms with Gasteiger partial charge in [0.1, 0.15) is 19.3 Å². The van der Waals surface area contributed by atoms with E-state index < -0.39 is 97.5 Å². The summed E-state index contributed by atoms with van der Waals surface area (Å²) in [7, 11) is -10.1. The molecule has 0 aromatic heterocycles. The maximum Gasteiger partial charge on any atom is 0.472 e. The molecule has 0 rings (SSSR count). The van der Waals surface area contributed by atoms with Crippen LogP contribution >= 0.6 is 15.6 Å². The van der Waals surface area contributed by atoms with Crippen LogP contribution in [0.1, 0.15) is 259 Å². The number of carbonyl (C=O) groups excluding carboxylic acids is 4. The van der Waals surface area contributed by atoms with Crippen LogP contribution < -0.4 is 0 Å². The van der Waals surface area contributed by atoms with Crippen molar-refractivity contribution in [2.45, 2.75) is 277 Å². The summed E-state index contributed by atoms with van der Waals surface area (Å²) in [6, 6.07) is 0. The third kappa shape index (κ3) is 80.9. The average molecular weight is 1590 g/mol. The molecule has 0 aliphatic heterocycles. The zero-order chi connectivity index (χ0) is 81.7. The van der Waals surface area contributed by atoms with E-state index in [0.29, 0.717) is 44.9 Å². The molecule has 626 valence electrons. The van der Waals surface area contributed by atoms with Crippen LogP contribution in [-0.2, 0) is 65.4 Å². The van der Waals surface area contributed by atoms with Gasteiger partial charge in [0.25, 0.3) is 0 Å². The maximum absolute atomic E-state index is 13.1. The Hall–Kier alpha value is -7.14. The van der Waals surface area contributed by atoms with E-state index in [9.17, 15) is 43.2 Å². The van der Waals surface area contributed by atoms with Crippen molar-refractivity contribution in [2.24, 2.45) is 0 Å². The van der Waals surface area contributed by atoms with Crippen molar-refractivity contribution >= 4 is 39.5 Å². The second kappa shape index (κ2) is 81.9. The number of phosphoric ester groups is 2. The number of aliphatic hydroxyl groups is 1. The zero-order valence-corrected chi connectivity index (χ0v) is 70.3. The minimum absolute atomic E-state index is 0.00786. The first-order chi connectivity index (χ1) is 54.7. The molecule has 0 aliphatic rings. The monoisotopic (exact) mass is 1590 g/mol. The fourth-order valence-corrected chi connectivity index (χ4v) is 11.3. The SMILES string of the molecule is CC/C=C\C/C=C\C/C=C\C/C=C\C/C=C\C/C=C\CCC(=O)OCC(COP(=O)(O)OCC(O)COP(=O)(O)OCC(COC(=O)CCCCCCCC/C=C\C/C=C\C/C=C\C/C=C\CC)OC(=O)CCCC/C=C\C/C=C\C/C=C\C/C=C\CC)OC(=O)CC/C=C\C/C=C\C/C=C\C/C=C\C/C=C\C/C=C\CC. The van der Waals surface area contributed by atoms with Crippen LogP contribution in [0.25, 0.3) is 0 Å². The van der Waals surface area contributed by atoms with Crippen LogP contribution in [0.2, 0.25) is 0 Å². The van der Waals surface area contributed by atoms with E-state index in [1.165, 1.54) is 0 Å². The van der Waals surface area contributed by atoms with E-state index in [4.69, 9.17) is 37.0 Å². The number of aliphatic hydroxyl groups excluding tert-OH is 1. The molecule has 0 heterocycles. The third-order valence-electron chi connectivity index (χ3n) is 15.8. The van der Waals surface area contributed by atoms with Crippen molar-refractivity contribution in [3.8, 4) is 0 Å². The van der Waals surface area contributed by atoms with Crippen molar-refractivity contribution in [3.63, 3.8) is 0 Å². The highest BCUT2D eigenvalue weighted by Crippen LogP contribution is 2.45. The van der Waals surface area contributed by atoms with Gasteiger partial charge in [0.15, 0.2) is 12.2 Å². The molecule has 0 amide bonds. The van der Waals surface area contributed by atoms with Gasteiger partial charge >= 0.3 is 39.5 Å². The van der Waals surface area contributed by atoms with Gasteiger partial charge in [-0.05, 0) is 180 Å². The van der Waals surface area contributed by atoms with Gasteiger partial charge in [-0.25, -0.2) is 9.13 Å². The predicted molar refractivity (Wildman–Crippen MR) is 463 cm³/mol. The molecule has 5 atom stereocenters. The van der Waals surface area contributed by atoms with Crippen LogP contribution in [0.4, 0.5) is 0 Å². The highest BCUT2D eigenvalue weighted by atomic mass is 31.2. The van der Waals surface area contributed by atoms with Crippen LogP contribution in [0.15, 0.2) is 243 Å². The summed E-state index contributed by atoms with van der Waals surface area (Å²) in [5, 5.41) is 10.7. The van der Waals surface area contributed by atoms with Gasteiger partial charge in [-0.1, -0.05) is 296 Å². The number of hydrogen-bond donors (Lipinski definition) is 3. The molecule has 0 saturated carbocycles. The standard InChI is InChI=1S/C93H142O17P2/c1-5-9-13-17-21-25-29-33-37-40-43-46-50-53-57-61-65-69-73-77-90(95)103-83-88(109-92(97)79-75-71-67-63-59-55-49-36-32-28-24-20-16-12-8-4)85-107-111(99,100)105-81-87(94)82-106-112(101,102)108-86-89(110-93(98)80-76-72-68-64-60-56-52-48-45-42-39-35-31-27-23-19-15-11-7-3)84-104-91(96)78-74-70-66-62-58-54-51-47-44-41-38-34-30-26-22-18-14-10-6-2/h9-16,21-28,33-39,43-49,54,56,58-60,63,66,68,70,72,87-89,94H,5-8,17-20,29-32,40-42,50-53,55,57,61-62,64-65,67,69,71,73-86H2,1-4H3,(H,99,100)(H,101,102)/b13-9-,14-10-,15-11-,16-12-,25-21-,26-22-,27-23-,28-24-,37-33-,38-34-,39-35-,46-43-,47-44-,48-45-,49-36-,58-54-,60-56-,63-59-,70-66-,72-68-. The van der Waals surface area contributed by atoms with Gasteiger partial charge in [-0.15, -0.1) is 0 Å². The largest absolute Gasteiger partial charge is 0.472 e. The van der Waals surface area contributed by atoms with E-state index in [1.54, 1.807) is 0 Å². The maximum atomic E-state index is 13.1. The fourth-order valence-electron chi connectivity index (χ4n) is 9.72. The average Bonchev–Trinajstić information content (AvgIpc) is 0.898. The van der Waals surface area contributed by atoms with E-state index in [-0.39, 0.29) is 25.7 Å². The normalized spacial score (nSPS) is 15.0. The van der Waals surface area contributed by atoms with Gasteiger partial charge in [0, 0.05) is 25.7 Å².